The van der Waals surface area contributed by atoms with Crippen LogP contribution in [0.15, 0.2) is 70.6 Å². The Hall–Kier alpha value is -1.70. The van der Waals surface area contributed by atoms with Crippen molar-refractivity contribution in [1.29, 1.82) is 0 Å². The number of hydrogen-bond acceptors (Lipinski definition) is 5. The summed E-state index contributed by atoms with van der Waals surface area (Å²) in [4.78, 5) is 16.0. The average Bonchev–Trinajstić information content (AvgIpc) is 3.15. The Balaban J connectivity index is 1.64. The van der Waals surface area contributed by atoms with Crippen molar-refractivity contribution in [3.63, 3.8) is 0 Å². The highest BCUT2D eigenvalue weighted by Crippen LogP contribution is 2.33. The molecule has 1 aliphatic heterocycles. The van der Waals surface area contributed by atoms with Gasteiger partial charge in [0.15, 0.2) is 0 Å². The molecule has 142 valence electrons. The molecule has 2 atom stereocenters. The molecule has 1 N–H and O–H groups in total. The van der Waals surface area contributed by atoms with Crippen molar-refractivity contribution in [2.45, 2.75) is 29.0 Å². The van der Waals surface area contributed by atoms with Crippen molar-refractivity contribution in [3.05, 3.63) is 76.4 Å². The molecule has 1 aromatic carbocycles. The van der Waals surface area contributed by atoms with E-state index >= 15 is 0 Å². The average molecular weight is 422 g/mol. The Bertz CT molecular complexity index is 818. The summed E-state index contributed by atoms with van der Waals surface area (Å²) in [5, 5.41) is 11.7. The van der Waals surface area contributed by atoms with E-state index in [1.165, 1.54) is 17.0 Å². The summed E-state index contributed by atoms with van der Waals surface area (Å²) in [6.07, 6.45) is 5.44. The summed E-state index contributed by atoms with van der Waals surface area (Å²) in [5.74, 6) is -0.339. The topological polar surface area (TPSA) is 40.5 Å². The molecule has 0 bridgehead atoms. The van der Waals surface area contributed by atoms with Crippen LogP contribution in [0, 0.1) is 5.82 Å². The van der Waals surface area contributed by atoms with Crippen LogP contribution in [0.4, 0.5) is 4.39 Å². The molecule has 2 heterocycles. The Morgan fingerprint density at radius 2 is 2.11 bits per heavy atom. The summed E-state index contributed by atoms with van der Waals surface area (Å²) in [6, 6.07) is 10.5. The monoisotopic (exact) mass is 421 g/mol. The van der Waals surface area contributed by atoms with E-state index in [0.29, 0.717) is 12.1 Å². The van der Waals surface area contributed by atoms with Crippen LogP contribution in [-0.2, 0) is 11.3 Å². The van der Waals surface area contributed by atoms with Gasteiger partial charge in [0.2, 0.25) is 0 Å². The highest BCUT2D eigenvalue weighted by Gasteiger charge is 2.28. The number of carboxylic acid groups (broad SMARTS) is 1. The third-order valence-electron chi connectivity index (χ3n) is 3.93. The maximum Gasteiger partial charge on any atom is 0.334 e. The van der Waals surface area contributed by atoms with Gasteiger partial charge in [0.25, 0.3) is 0 Å². The number of benzene rings is 1. The van der Waals surface area contributed by atoms with Gasteiger partial charge in [-0.15, -0.1) is 34.9 Å². The van der Waals surface area contributed by atoms with E-state index in [1.807, 2.05) is 17.6 Å². The minimum Gasteiger partial charge on any atom is -0.478 e. The number of hydrogen-bond donors (Lipinski definition) is 1. The smallest absolute Gasteiger partial charge is 0.334 e. The Morgan fingerprint density at radius 1 is 1.33 bits per heavy atom. The fourth-order valence-electron chi connectivity index (χ4n) is 2.68. The second-order valence-corrected chi connectivity index (χ2v) is 9.75. The highest BCUT2D eigenvalue weighted by atomic mass is 32.2. The Kier molecular flexibility index (Phi) is 7.04. The van der Waals surface area contributed by atoms with Crippen LogP contribution in [0.2, 0.25) is 0 Å². The van der Waals surface area contributed by atoms with E-state index in [1.54, 1.807) is 59.1 Å². The van der Waals surface area contributed by atoms with E-state index in [9.17, 15) is 14.3 Å². The third kappa shape index (κ3) is 5.64. The zero-order valence-electron chi connectivity index (χ0n) is 14.7. The van der Waals surface area contributed by atoms with Crippen molar-refractivity contribution in [2.75, 3.05) is 5.75 Å². The molecular weight excluding hydrogens is 401 g/mol. The fourth-order valence-corrected chi connectivity index (χ4v) is 5.81. The zero-order chi connectivity index (χ0) is 19.2. The third-order valence-corrected chi connectivity index (χ3v) is 7.64. The van der Waals surface area contributed by atoms with E-state index in [2.05, 4.69) is 17.9 Å². The molecule has 2 unspecified atom stereocenters. The SMILES string of the molecule is CC(CSC1C(C(=O)O)=CC=CN1Cc1cccs1)Sc1ccc(F)cc1. The van der Waals surface area contributed by atoms with Crippen molar-refractivity contribution in [1.82, 2.24) is 4.90 Å². The number of thioether (sulfide) groups is 2. The van der Waals surface area contributed by atoms with Gasteiger partial charge in [-0.25, -0.2) is 9.18 Å². The maximum atomic E-state index is 13.0. The molecule has 27 heavy (non-hydrogen) atoms. The minimum atomic E-state index is -0.883. The number of allylic oxidation sites excluding steroid dienone is 2. The first-order chi connectivity index (χ1) is 13.0. The molecule has 3 nitrogen and oxygen atoms in total. The lowest BCUT2D eigenvalue weighted by atomic mass is 10.2. The molecule has 0 saturated carbocycles. The first-order valence-corrected chi connectivity index (χ1v) is 11.3. The second-order valence-electron chi connectivity index (χ2n) is 6.09. The number of carbonyl (C=O) groups is 1. The first kappa shape index (κ1) is 20.0. The normalized spacial score (nSPS) is 17.6. The van der Waals surface area contributed by atoms with Gasteiger partial charge in [-0.05, 0) is 47.9 Å². The molecular formula is C20H20FNO2S3. The van der Waals surface area contributed by atoms with E-state index < -0.39 is 5.97 Å². The van der Waals surface area contributed by atoms with E-state index in [0.717, 1.165) is 10.6 Å². The molecule has 0 aliphatic carbocycles. The molecule has 0 radical (unpaired) electrons. The van der Waals surface area contributed by atoms with Crippen LogP contribution in [-0.4, -0.2) is 32.4 Å². The van der Waals surface area contributed by atoms with Gasteiger partial charge in [0, 0.05) is 27.0 Å². The number of carboxylic acids is 1. The van der Waals surface area contributed by atoms with Crippen LogP contribution in [0.3, 0.4) is 0 Å². The first-order valence-electron chi connectivity index (χ1n) is 8.46. The number of halogens is 1. The summed E-state index contributed by atoms with van der Waals surface area (Å²) in [5.41, 5.74) is 0.401. The minimum absolute atomic E-state index is 0.231. The van der Waals surface area contributed by atoms with Crippen LogP contribution in [0.25, 0.3) is 0 Å². The van der Waals surface area contributed by atoms with Gasteiger partial charge in [-0.3, -0.25) is 0 Å². The van der Waals surface area contributed by atoms with Gasteiger partial charge in [0.05, 0.1) is 12.1 Å². The molecule has 0 spiro atoms. The Morgan fingerprint density at radius 3 is 2.78 bits per heavy atom. The van der Waals surface area contributed by atoms with Gasteiger partial charge in [-0.1, -0.05) is 13.0 Å². The van der Waals surface area contributed by atoms with Crippen LogP contribution < -0.4 is 0 Å². The largest absolute Gasteiger partial charge is 0.478 e. The molecule has 3 rings (SSSR count). The number of thiophene rings is 1. The lowest BCUT2D eigenvalue weighted by Gasteiger charge is -2.33. The number of nitrogens with zero attached hydrogens (tertiary/aromatic N) is 1. The molecule has 0 amide bonds. The van der Waals surface area contributed by atoms with E-state index in [4.69, 9.17) is 0 Å². The van der Waals surface area contributed by atoms with Gasteiger partial charge in [-0.2, -0.15) is 0 Å². The molecule has 1 aromatic heterocycles. The highest BCUT2D eigenvalue weighted by molar-refractivity contribution is 8.03. The summed E-state index contributed by atoms with van der Waals surface area (Å²) < 4.78 is 13.0. The van der Waals surface area contributed by atoms with Crippen LogP contribution in [0.1, 0.15) is 11.8 Å². The van der Waals surface area contributed by atoms with Gasteiger partial charge >= 0.3 is 5.97 Å². The molecule has 0 saturated heterocycles. The molecule has 7 heteroatoms. The van der Waals surface area contributed by atoms with E-state index in [-0.39, 0.29) is 16.4 Å². The predicted octanol–water partition coefficient (Wildman–Crippen LogP) is 5.47. The maximum absolute atomic E-state index is 13.0. The quantitative estimate of drug-likeness (QED) is 0.573. The molecule has 2 aromatic rings. The Labute approximate surface area is 171 Å². The predicted molar refractivity (Wildman–Crippen MR) is 113 cm³/mol. The zero-order valence-corrected chi connectivity index (χ0v) is 17.2. The van der Waals surface area contributed by atoms with Gasteiger partial charge in [0.1, 0.15) is 11.2 Å². The summed E-state index contributed by atoms with van der Waals surface area (Å²) in [7, 11) is 0. The molecule has 1 aliphatic rings. The van der Waals surface area contributed by atoms with Crippen molar-refractivity contribution in [3.8, 4) is 0 Å². The van der Waals surface area contributed by atoms with Crippen molar-refractivity contribution in [2.24, 2.45) is 0 Å². The second kappa shape index (κ2) is 9.48. The lowest BCUT2D eigenvalue weighted by molar-refractivity contribution is -0.133. The van der Waals surface area contributed by atoms with Crippen molar-refractivity contribution >= 4 is 40.8 Å². The summed E-state index contributed by atoms with van der Waals surface area (Å²) >= 11 is 4.97. The summed E-state index contributed by atoms with van der Waals surface area (Å²) in [6.45, 7) is 2.80. The number of aliphatic carboxylic acids is 1. The fraction of sp³-hybridized carbons (Fsp3) is 0.250. The van der Waals surface area contributed by atoms with Crippen LogP contribution in [0.5, 0.6) is 0 Å². The number of rotatable bonds is 8. The van der Waals surface area contributed by atoms with Gasteiger partial charge < -0.3 is 10.0 Å². The van der Waals surface area contributed by atoms with Crippen molar-refractivity contribution < 1.29 is 14.3 Å². The lowest BCUT2D eigenvalue weighted by Crippen LogP contribution is -2.34. The standard InChI is InChI=1S/C20H20FNO2S3/c1-14(27-16-8-6-15(21)7-9-16)13-26-19-18(20(23)24)5-2-10-22(19)12-17-4-3-11-25-17/h2-11,14,19H,12-13H2,1H3,(H,23,24). The molecule has 0 fully saturated rings. The van der Waals surface area contributed by atoms with Crippen LogP contribution >= 0.6 is 34.9 Å².